The number of benzene rings is 1. The van der Waals surface area contributed by atoms with E-state index >= 15 is 0 Å². The number of amides is 1. The third kappa shape index (κ3) is 5.11. The van der Waals surface area contributed by atoms with Gasteiger partial charge in [-0.25, -0.2) is 4.39 Å². The summed E-state index contributed by atoms with van der Waals surface area (Å²) in [5.41, 5.74) is 0.336. The third-order valence-electron chi connectivity index (χ3n) is 10.9. The molecule has 1 N–H and O–H groups in total. The first-order valence-corrected chi connectivity index (χ1v) is 16.1. The molecule has 1 aromatic carbocycles. The average Bonchev–Trinajstić information content (AvgIpc) is 3.65. The summed E-state index contributed by atoms with van der Waals surface area (Å²) in [4.78, 5) is 13.1. The lowest BCUT2D eigenvalue weighted by atomic mass is 9.49. The topological polar surface area (TPSA) is 69.0 Å². The number of halogens is 1. The highest BCUT2D eigenvalue weighted by Crippen LogP contribution is 2.59. The molecule has 1 heterocycles. The Balaban J connectivity index is 1.02. The SMILES string of the molecule is C[C@@H]([C@H]1C[C@@H]2CC[C@@H]1C2)n1c(COc2ccccc2F)nnc1SCC(=O)NCC12CC3CC(CC(C3)C1)C2. The van der Waals surface area contributed by atoms with Crippen molar-refractivity contribution in [3.63, 3.8) is 0 Å². The zero-order valence-electron chi connectivity index (χ0n) is 23.0. The van der Waals surface area contributed by atoms with E-state index in [4.69, 9.17) is 4.74 Å². The van der Waals surface area contributed by atoms with Crippen LogP contribution in [0.4, 0.5) is 4.39 Å². The molecule has 6 fully saturated rings. The number of fused-ring (bicyclic) bond motifs is 2. The molecule has 2 aromatic rings. The van der Waals surface area contributed by atoms with Crippen LogP contribution in [0.25, 0.3) is 0 Å². The van der Waals surface area contributed by atoms with E-state index in [1.165, 1.54) is 82.0 Å². The smallest absolute Gasteiger partial charge is 0.230 e. The van der Waals surface area contributed by atoms with Crippen LogP contribution in [0.15, 0.2) is 29.4 Å². The lowest BCUT2D eigenvalue weighted by Gasteiger charge is -2.56. The van der Waals surface area contributed by atoms with Crippen LogP contribution in [0.1, 0.15) is 83.0 Å². The van der Waals surface area contributed by atoms with Crippen molar-refractivity contribution in [1.82, 2.24) is 20.1 Å². The van der Waals surface area contributed by atoms with Gasteiger partial charge in [-0.15, -0.1) is 10.2 Å². The number of rotatable bonds is 10. The van der Waals surface area contributed by atoms with Crippen molar-refractivity contribution in [3.05, 3.63) is 35.9 Å². The van der Waals surface area contributed by atoms with Gasteiger partial charge in [-0.2, -0.15) is 0 Å². The lowest BCUT2D eigenvalue weighted by Crippen LogP contribution is -2.51. The fourth-order valence-electron chi connectivity index (χ4n) is 9.67. The Morgan fingerprint density at radius 3 is 2.49 bits per heavy atom. The highest BCUT2D eigenvalue weighted by atomic mass is 32.2. The maximum atomic E-state index is 14.2. The number of carbonyl (C=O) groups is 1. The zero-order valence-corrected chi connectivity index (χ0v) is 23.8. The van der Waals surface area contributed by atoms with Gasteiger partial charge in [0.05, 0.1) is 5.75 Å². The number of thioether (sulfide) groups is 1. The maximum absolute atomic E-state index is 14.2. The second-order valence-corrected chi connectivity index (χ2v) is 14.5. The van der Waals surface area contributed by atoms with Crippen LogP contribution in [0.5, 0.6) is 5.75 Å². The average molecular weight is 553 g/mol. The van der Waals surface area contributed by atoms with Gasteiger partial charge >= 0.3 is 0 Å². The molecule has 1 amide bonds. The summed E-state index contributed by atoms with van der Waals surface area (Å²) >= 11 is 1.47. The van der Waals surface area contributed by atoms with Gasteiger partial charge in [-0.05, 0) is 118 Å². The van der Waals surface area contributed by atoms with Crippen molar-refractivity contribution >= 4 is 17.7 Å². The molecule has 6 bridgehead atoms. The normalized spacial score (nSPS) is 34.9. The minimum absolute atomic E-state index is 0.0852. The number of nitrogens with one attached hydrogen (secondary N) is 1. The van der Waals surface area contributed by atoms with E-state index in [2.05, 4.69) is 27.0 Å². The number of nitrogens with zero attached hydrogens (tertiary/aromatic N) is 3. The largest absolute Gasteiger partial charge is 0.483 e. The summed E-state index contributed by atoms with van der Waals surface area (Å²) < 4.78 is 22.2. The summed E-state index contributed by atoms with van der Waals surface area (Å²) in [5, 5.41) is 13.1. The van der Waals surface area contributed by atoms with Crippen LogP contribution in [-0.4, -0.2) is 33.0 Å². The van der Waals surface area contributed by atoms with Crippen molar-refractivity contribution in [1.29, 1.82) is 0 Å². The first-order chi connectivity index (χ1) is 18.9. The van der Waals surface area contributed by atoms with Crippen molar-refractivity contribution in [3.8, 4) is 5.75 Å². The molecule has 39 heavy (non-hydrogen) atoms. The Morgan fingerprint density at radius 2 is 1.82 bits per heavy atom. The van der Waals surface area contributed by atoms with Gasteiger partial charge in [0.25, 0.3) is 0 Å². The molecular formula is C31H41FN4O2S. The summed E-state index contributed by atoms with van der Waals surface area (Å²) in [6.07, 6.45) is 13.4. The van der Waals surface area contributed by atoms with Crippen molar-refractivity contribution in [2.75, 3.05) is 12.3 Å². The molecule has 210 valence electrons. The van der Waals surface area contributed by atoms with E-state index < -0.39 is 0 Å². The van der Waals surface area contributed by atoms with Crippen LogP contribution in [0, 0.1) is 46.7 Å². The molecule has 8 heteroatoms. The van der Waals surface area contributed by atoms with E-state index in [9.17, 15) is 9.18 Å². The van der Waals surface area contributed by atoms with Crippen LogP contribution >= 0.6 is 11.8 Å². The second-order valence-electron chi connectivity index (χ2n) is 13.6. The molecule has 6 aliphatic carbocycles. The summed E-state index contributed by atoms with van der Waals surface area (Å²) in [5.74, 6) is 5.78. The molecule has 1 aromatic heterocycles. The summed E-state index contributed by atoms with van der Waals surface area (Å²) in [6.45, 7) is 3.24. The fraction of sp³-hybridized carbons (Fsp3) is 0.710. The van der Waals surface area contributed by atoms with Gasteiger partial charge in [-0.3, -0.25) is 9.36 Å². The number of para-hydroxylation sites is 1. The predicted octanol–water partition coefficient (Wildman–Crippen LogP) is 6.42. The van der Waals surface area contributed by atoms with E-state index in [0.717, 1.165) is 41.3 Å². The molecule has 0 spiro atoms. The zero-order chi connectivity index (χ0) is 26.6. The minimum Gasteiger partial charge on any atom is -0.483 e. The number of hydrogen-bond acceptors (Lipinski definition) is 5. The molecular weight excluding hydrogens is 511 g/mol. The van der Waals surface area contributed by atoms with E-state index in [1.54, 1.807) is 18.2 Å². The highest BCUT2D eigenvalue weighted by Gasteiger charge is 2.50. The van der Waals surface area contributed by atoms with Gasteiger partial charge in [0, 0.05) is 12.6 Å². The van der Waals surface area contributed by atoms with Crippen molar-refractivity contribution < 1.29 is 13.9 Å². The Kier molecular flexibility index (Phi) is 6.88. The lowest BCUT2D eigenvalue weighted by molar-refractivity contribution is -0.120. The molecule has 6 nitrogen and oxygen atoms in total. The van der Waals surface area contributed by atoms with Gasteiger partial charge in [-0.1, -0.05) is 30.3 Å². The van der Waals surface area contributed by atoms with Crippen LogP contribution in [-0.2, 0) is 11.4 Å². The Hall–Kier alpha value is -2.09. The summed E-state index contributed by atoms with van der Waals surface area (Å²) in [7, 11) is 0. The molecule has 0 saturated heterocycles. The molecule has 0 aliphatic heterocycles. The van der Waals surface area contributed by atoms with Crippen molar-refractivity contribution in [2.45, 2.75) is 88.9 Å². The van der Waals surface area contributed by atoms with Gasteiger partial charge in [0.1, 0.15) is 6.61 Å². The Morgan fingerprint density at radius 1 is 1.08 bits per heavy atom. The minimum atomic E-state index is -0.380. The number of carbonyl (C=O) groups excluding carboxylic acids is 1. The van der Waals surface area contributed by atoms with E-state index in [-0.39, 0.29) is 30.1 Å². The van der Waals surface area contributed by atoms with Crippen LogP contribution < -0.4 is 10.1 Å². The van der Waals surface area contributed by atoms with E-state index in [1.807, 2.05) is 0 Å². The number of aromatic nitrogens is 3. The molecule has 6 saturated carbocycles. The first-order valence-electron chi connectivity index (χ1n) is 15.2. The van der Waals surface area contributed by atoms with Gasteiger partial charge in [0.2, 0.25) is 5.91 Å². The van der Waals surface area contributed by atoms with E-state index in [0.29, 0.717) is 22.9 Å². The standard InChI is InChI=1S/C31H41FN4O2S/c1-19(25-12-20-6-7-24(25)11-20)36-28(16-38-27-5-3-2-4-26(27)32)34-35-30(36)39-17-29(37)33-18-31-13-21-8-22(14-31)10-23(9-21)15-31/h2-5,19-25H,6-18H2,1H3,(H,33,37)/t19-,20+,21?,22?,23?,24+,25+,31?/m0/s1. The summed E-state index contributed by atoms with van der Waals surface area (Å²) in [6, 6.07) is 6.68. The van der Waals surface area contributed by atoms with Gasteiger partial charge < -0.3 is 10.1 Å². The van der Waals surface area contributed by atoms with Gasteiger partial charge in [0.15, 0.2) is 22.5 Å². The maximum Gasteiger partial charge on any atom is 0.230 e. The van der Waals surface area contributed by atoms with Crippen molar-refractivity contribution in [2.24, 2.45) is 40.9 Å². The van der Waals surface area contributed by atoms with Crippen LogP contribution in [0.3, 0.4) is 0 Å². The monoisotopic (exact) mass is 552 g/mol. The quantitative estimate of drug-likeness (QED) is 0.345. The molecule has 6 aliphatic rings. The third-order valence-corrected chi connectivity index (χ3v) is 11.8. The Labute approximate surface area is 235 Å². The highest BCUT2D eigenvalue weighted by molar-refractivity contribution is 7.99. The number of ether oxygens (including phenoxy) is 1. The van der Waals surface area contributed by atoms with Crippen LogP contribution in [0.2, 0.25) is 0 Å². The Bertz CT molecular complexity index is 1180. The second kappa shape index (κ2) is 10.4. The molecule has 0 radical (unpaired) electrons. The molecule has 0 unspecified atom stereocenters. The molecule has 4 atom stereocenters. The molecule has 8 rings (SSSR count). The predicted molar refractivity (Wildman–Crippen MR) is 149 cm³/mol. The first kappa shape index (κ1) is 25.8. The fourth-order valence-corrected chi connectivity index (χ4v) is 10.5. The number of hydrogen-bond donors (Lipinski definition) is 1.